The summed E-state index contributed by atoms with van der Waals surface area (Å²) >= 11 is 3.25. The van der Waals surface area contributed by atoms with Crippen LogP contribution < -0.4 is 4.90 Å². The van der Waals surface area contributed by atoms with Gasteiger partial charge in [-0.1, -0.05) is 22.0 Å². The molecule has 0 heterocycles. The molecule has 0 aromatic heterocycles. The molecule has 24 heavy (non-hydrogen) atoms. The maximum Gasteiger partial charge on any atom is 0.311 e. The van der Waals surface area contributed by atoms with Crippen LogP contribution in [0.5, 0.6) is 0 Å². The number of anilines is 1. The molecule has 0 aliphatic carbocycles. The number of sulfone groups is 1. The molecule has 0 aliphatic rings. The molecule has 0 radical (unpaired) electrons. The molecular formula is C15H14BrFN2O4S. The van der Waals surface area contributed by atoms with Gasteiger partial charge in [0.1, 0.15) is 16.4 Å². The largest absolute Gasteiger partial charge is 0.365 e. The maximum absolute atomic E-state index is 13.9. The number of rotatable bonds is 5. The summed E-state index contributed by atoms with van der Waals surface area (Å²) in [5, 5.41) is 11.4. The van der Waals surface area contributed by atoms with Crippen molar-refractivity contribution in [3.8, 4) is 0 Å². The fourth-order valence-electron chi connectivity index (χ4n) is 2.31. The zero-order valence-corrected chi connectivity index (χ0v) is 15.3. The van der Waals surface area contributed by atoms with Crippen molar-refractivity contribution in [2.75, 3.05) is 18.2 Å². The predicted octanol–water partition coefficient (Wildman–Crippen LogP) is 3.54. The van der Waals surface area contributed by atoms with Gasteiger partial charge in [0.15, 0.2) is 9.84 Å². The van der Waals surface area contributed by atoms with Crippen LogP contribution >= 0.6 is 15.9 Å². The van der Waals surface area contributed by atoms with E-state index >= 15 is 0 Å². The summed E-state index contributed by atoms with van der Waals surface area (Å²) in [6, 6.07) is 8.44. The lowest BCUT2D eigenvalue weighted by Gasteiger charge is -2.20. The minimum Gasteiger partial charge on any atom is -0.365 e. The summed E-state index contributed by atoms with van der Waals surface area (Å²) in [5.74, 6) is -0.452. The van der Waals surface area contributed by atoms with Crippen LogP contribution in [0.1, 0.15) is 5.56 Å². The van der Waals surface area contributed by atoms with Crippen LogP contribution in [0.15, 0.2) is 45.8 Å². The first kappa shape index (κ1) is 18.3. The van der Waals surface area contributed by atoms with Crippen molar-refractivity contribution < 1.29 is 17.7 Å². The van der Waals surface area contributed by atoms with Gasteiger partial charge in [0, 0.05) is 29.9 Å². The fraction of sp³-hybridized carbons (Fsp3) is 0.200. The molecule has 2 aromatic carbocycles. The summed E-state index contributed by atoms with van der Waals surface area (Å²) in [6.07, 6.45) is 0.910. The van der Waals surface area contributed by atoms with E-state index in [0.29, 0.717) is 10.0 Å². The number of para-hydroxylation sites is 1. The number of nitrogens with zero attached hydrogens (tertiary/aromatic N) is 2. The van der Waals surface area contributed by atoms with Gasteiger partial charge in [0.05, 0.1) is 4.92 Å². The van der Waals surface area contributed by atoms with Crippen molar-refractivity contribution in [3.05, 3.63) is 62.4 Å². The Morgan fingerprint density at radius 2 is 1.96 bits per heavy atom. The third kappa shape index (κ3) is 3.90. The zero-order chi connectivity index (χ0) is 18.1. The van der Waals surface area contributed by atoms with Gasteiger partial charge in [-0.25, -0.2) is 12.8 Å². The first-order valence-corrected chi connectivity index (χ1v) is 9.42. The Bertz CT molecular complexity index is 902. The minimum atomic E-state index is -3.77. The second-order valence-corrected chi connectivity index (χ2v) is 8.14. The van der Waals surface area contributed by atoms with Crippen molar-refractivity contribution >= 4 is 37.1 Å². The van der Waals surface area contributed by atoms with Gasteiger partial charge in [-0.05, 0) is 30.3 Å². The van der Waals surface area contributed by atoms with Gasteiger partial charge in [-0.2, -0.15) is 0 Å². The zero-order valence-electron chi connectivity index (χ0n) is 12.9. The molecule has 0 spiro atoms. The van der Waals surface area contributed by atoms with E-state index in [2.05, 4.69) is 15.9 Å². The molecule has 0 amide bonds. The van der Waals surface area contributed by atoms with E-state index < -0.39 is 26.3 Å². The van der Waals surface area contributed by atoms with E-state index in [1.165, 1.54) is 36.2 Å². The van der Waals surface area contributed by atoms with Gasteiger partial charge in [-0.3, -0.25) is 10.1 Å². The molecule has 2 aromatic rings. The smallest absolute Gasteiger partial charge is 0.311 e. The molecule has 0 saturated heterocycles. The molecule has 0 aliphatic heterocycles. The van der Waals surface area contributed by atoms with Crippen LogP contribution in [0, 0.1) is 15.9 Å². The average Bonchev–Trinajstić information content (AvgIpc) is 2.49. The van der Waals surface area contributed by atoms with Crippen LogP contribution in [0.2, 0.25) is 0 Å². The minimum absolute atomic E-state index is 0.0410. The highest BCUT2D eigenvalue weighted by molar-refractivity contribution is 9.10. The van der Waals surface area contributed by atoms with Crippen molar-refractivity contribution in [2.45, 2.75) is 11.4 Å². The molecule has 0 N–H and O–H groups in total. The van der Waals surface area contributed by atoms with E-state index in [1.807, 2.05) is 0 Å². The number of nitro groups is 1. The fourth-order valence-corrected chi connectivity index (χ4v) is 3.57. The molecule has 0 unspecified atom stereocenters. The SMILES string of the molecule is CN(Cc1cc(Br)ccc1F)c1cccc(S(C)(=O)=O)c1[N+](=O)[O-]. The average molecular weight is 417 g/mol. The highest BCUT2D eigenvalue weighted by atomic mass is 79.9. The van der Waals surface area contributed by atoms with Crippen molar-refractivity contribution in [3.63, 3.8) is 0 Å². The third-order valence-electron chi connectivity index (χ3n) is 3.39. The molecule has 0 fully saturated rings. The second-order valence-electron chi connectivity index (χ2n) is 5.24. The van der Waals surface area contributed by atoms with Gasteiger partial charge in [0.2, 0.25) is 0 Å². The molecule has 0 bridgehead atoms. The van der Waals surface area contributed by atoms with Crippen molar-refractivity contribution in [2.24, 2.45) is 0 Å². The Morgan fingerprint density at radius 3 is 2.54 bits per heavy atom. The molecule has 2 rings (SSSR count). The quantitative estimate of drug-likeness (QED) is 0.549. The number of halogens is 2. The molecule has 128 valence electrons. The molecule has 6 nitrogen and oxygen atoms in total. The highest BCUT2D eigenvalue weighted by Gasteiger charge is 2.28. The summed E-state index contributed by atoms with van der Waals surface area (Å²) in [4.78, 5) is 11.7. The molecule has 0 atom stereocenters. The molecule has 0 saturated carbocycles. The van der Waals surface area contributed by atoms with Gasteiger partial charge in [-0.15, -0.1) is 0 Å². The van der Waals surface area contributed by atoms with Crippen LogP contribution in [-0.2, 0) is 16.4 Å². The lowest BCUT2D eigenvalue weighted by Crippen LogP contribution is -2.19. The number of hydrogen-bond acceptors (Lipinski definition) is 5. The molecule has 9 heteroatoms. The van der Waals surface area contributed by atoms with Crippen molar-refractivity contribution in [1.29, 1.82) is 0 Å². The highest BCUT2D eigenvalue weighted by Crippen LogP contribution is 2.35. The Kier molecular flexibility index (Phi) is 5.24. The topological polar surface area (TPSA) is 80.5 Å². The Balaban J connectivity index is 2.52. The summed E-state index contributed by atoms with van der Waals surface area (Å²) in [5.41, 5.74) is -0.0915. The Morgan fingerprint density at radius 1 is 1.29 bits per heavy atom. The van der Waals surface area contributed by atoms with Gasteiger partial charge < -0.3 is 4.90 Å². The number of hydrogen-bond donors (Lipinski definition) is 0. The monoisotopic (exact) mass is 416 g/mol. The third-order valence-corrected chi connectivity index (χ3v) is 5.01. The van der Waals surface area contributed by atoms with Gasteiger partial charge >= 0.3 is 5.69 Å². The maximum atomic E-state index is 13.9. The second kappa shape index (κ2) is 6.86. The standard InChI is InChI=1S/C15H14BrFN2O4S/c1-18(9-10-8-11(16)6-7-12(10)17)13-4-3-5-14(24(2,22)23)15(13)19(20)21/h3-8H,9H2,1-2H3. The summed E-state index contributed by atoms with van der Waals surface area (Å²) in [6.45, 7) is 0.0410. The van der Waals surface area contributed by atoms with E-state index in [0.717, 1.165) is 6.26 Å². The van der Waals surface area contributed by atoms with Crippen LogP contribution in [0.3, 0.4) is 0 Å². The summed E-state index contributed by atoms with van der Waals surface area (Å²) in [7, 11) is -2.24. The van der Waals surface area contributed by atoms with Crippen LogP contribution in [0.25, 0.3) is 0 Å². The van der Waals surface area contributed by atoms with Crippen molar-refractivity contribution in [1.82, 2.24) is 0 Å². The van der Waals surface area contributed by atoms with E-state index in [4.69, 9.17) is 0 Å². The van der Waals surface area contributed by atoms with Crippen LogP contribution in [-0.4, -0.2) is 26.6 Å². The number of nitro benzene ring substituents is 1. The molecular weight excluding hydrogens is 403 g/mol. The van der Waals surface area contributed by atoms with E-state index in [1.54, 1.807) is 12.1 Å². The van der Waals surface area contributed by atoms with E-state index in [-0.39, 0.29) is 17.1 Å². The predicted molar refractivity (Wildman–Crippen MR) is 92.4 cm³/mol. The Hall–Kier alpha value is -2.00. The Labute approximate surface area is 147 Å². The normalized spacial score (nSPS) is 11.3. The van der Waals surface area contributed by atoms with Gasteiger partial charge in [0.25, 0.3) is 0 Å². The summed E-state index contributed by atoms with van der Waals surface area (Å²) < 4.78 is 38.2. The lowest BCUT2D eigenvalue weighted by molar-refractivity contribution is -0.387. The first-order chi connectivity index (χ1) is 11.1. The first-order valence-electron chi connectivity index (χ1n) is 6.74. The number of benzene rings is 2. The van der Waals surface area contributed by atoms with Crippen LogP contribution in [0.4, 0.5) is 15.8 Å². The lowest BCUT2D eigenvalue weighted by atomic mass is 10.2. The van der Waals surface area contributed by atoms with E-state index in [9.17, 15) is 22.9 Å².